The number of nitrogens with zero attached hydrogens (tertiary/aromatic N) is 3. The minimum Gasteiger partial charge on any atom is -0.352 e. The van der Waals surface area contributed by atoms with Crippen LogP contribution >= 0.6 is 11.3 Å². The Hall–Kier alpha value is -1.97. The van der Waals surface area contributed by atoms with E-state index in [1.165, 1.54) is 6.20 Å². The number of aromatic nitrogens is 3. The molecular formula is C14H17N5O2S2. The number of para-hydroxylation sites is 2. The van der Waals surface area contributed by atoms with Crippen molar-refractivity contribution in [2.45, 2.75) is 30.6 Å². The minimum absolute atomic E-state index is 0.0381. The Kier molecular flexibility index (Phi) is 4.09. The van der Waals surface area contributed by atoms with Crippen LogP contribution in [0.4, 0.5) is 5.13 Å². The molecule has 3 N–H and O–H groups in total. The maximum Gasteiger partial charge on any atom is 0.249 e. The first-order valence-electron chi connectivity index (χ1n) is 7.10. The summed E-state index contributed by atoms with van der Waals surface area (Å²) in [5.74, 6) is 0.876. The van der Waals surface area contributed by atoms with Gasteiger partial charge in [-0.3, -0.25) is 0 Å². The zero-order chi connectivity index (χ0) is 16.6. The van der Waals surface area contributed by atoms with E-state index in [0.29, 0.717) is 5.13 Å². The lowest BCUT2D eigenvalue weighted by Gasteiger charge is -2.14. The fourth-order valence-electron chi connectivity index (χ4n) is 2.46. The fourth-order valence-corrected chi connectivity index (χ4v) is 4.00. The van der Waals surface area contributed by atoms with Crippen molar-refractivity contribution >= 4 is 37.5 Å². The van der Waals surface area contributed by atoms with E-state index in [-0.39, 0.29) is 10.3 Å². The third-order valence-corrected chi connectivity index (χ3v) is 5.83. The van der Waals surface area contributed by atoms with E-state index in [4.69, 9.17) is 5.14 Å². The average molecular weight is 351 g/mol. The van der Waals surface area contributed by atoms with Gasteiger partial charge in [0.2, 0.25) is 10.0 Å². The van der Waals surface area contributed by atoms with E-state index in [9.17, 15) is 8.42 Å². The molecule has 0 spiro atoms. The molecule has 3 aromatic rings. The van der Waals surface area contributed by atoms with Crippen molar-refractivity contribution in [1.29, 1.82) is 0 Å². The molecule has 0 aliphatic rings. The summed E-state index contributed by atoms with van der Waals surface area (Å²) in [6.07, 6.45) is 1.26. The number of nitrogens with one attached hydrogen (secondary N) is 1. The van der Waals surface area contributed by atoms with Crippen LogP contribution in [0.1, 0.15) is 25.7 Å². The summed E-state index contributed by atoms with van der Waals surface area (Å²) in [6.45, 7) is 4.82. The molecule has 0 amide bonds. The van der Waals surface area contributed by atoms with E-state index in [1.54, 1.807) is 0 Å². The summed E-state index contributed by atoms with van der Waals surface area (Å²) in [6, 6.07) is 7.82. The average Bonchev–Trinajstić information content (AvgIpc) is 3.10. The second-order valence-corrected chi connectivity index (χ2v) is 7.92. The maximum atomic E-state index is 11.3. The highest BCUT2D eigenvalue weighted by Crippen LogP contribution is 2.27. The van der Waals surface area contributed by atoms with Gasteiger partial charge in [-0.05, 0) is 26.0 Å². The number of hydrogen-bond acceptors (Lipinski definition) is 6. The Morgan fingerprint density at radius 3 is 2.78 bits per heavy atom. The third kappa shape index (κ3) is 3.07. The Morgan fingerprint density at radius 2 is 2.13 bits per heavy atom. The summed E-state index contributed by atoms with van der Waals surface area (Å²) >= 11 is 1.01. The predicted molar refractivity (Wildman–Crippen MR) is 90.9 cm³/mol. The Labute approximate surface area is 138 Å². The third-order valence-electron chi connectivity index (χ3n) is 3.49. The number of imidazole rings is 1. The largest absolute Gasteiger partial charge is 0.352 e. The number of sulfonamides is 1. The molecule has 2 aromatic heterocycles. The zero-order valence-electron chi connectivity index (χ0n) is 12.7. The second-order valence-electron chi connectivity index (χ2n) is 5.10. The lowest BCUT2D eigenvalue weighted by molar-refractivity contribution is 0.599. The highest BCUT2D eigenvalue weighted by molar-refractivity contribution is 7.91. The van der Waals surface area contributed by atoms with Gasteiger partial charge in [0.05, 0.1) is 23.3 Å². The molecule has 0 saturated heterocycles. The van der Waals surface area contributed by atoms with Gasteiger partial charge in [-0.25, -0.2) is 23.5 Å². The maximum absolute atomic E-state index is 11.3. The number of fused-ring (bicyclic) bond motifs is 1. The standard InChI is InChI=1S/C14H17N5O2S2/c1-3-19-11-7-5-4-6-10(11)18-13(19)9(2)17-14-16-8-12(22-14)23(15,20)21/h4-9H,3H2,1-2H3,(H,16,17)(H2,15,20,21). The van der Waals surface area contributed by atoms with Crippen molar-refractivity contribution in [3.8, 4) is 0 Å². The van der Waals surface area contributed by atoms with Crippen LogP contribution in [0.25, 0.3) is 11.0 Å². The summed E-state index contributed by atoms with van der Waals surface area (Å²) in [5, 5.41) is 8.79. The molecule has 23 heavy (non-hydrogen) atoms. The summed E-state index contributed by atoms with van der Waals surface area (Å²) in [7, 11) is -3.72. The summed E-state index contributed by atoms with van der Waals surface area (Å²) < 4.78 is 24.8. The van der Waals surface area contributed by atoms with Gasteiger partial charge >= 0.3 is 0 Å². The van der Waals surface area contributed by atoms with Crippen molar-refractivity contribution in [2.75, 3.05) is 5.32 Å². The lowest BCUT2D eigenvalue weighted by Crippen LogP contribution is -2.13. The van der Waals surface area contributed by atoms with Gasteiger partial charge in [0.15, 0.2) is 9.34 Å². The molecule has 0 radical (unpaired) electrons. The van der Waals surface area contributed by atoms with Crippen LogP contribution in [0.3, 0.4) is 0 Å². The number of anilines is 1. The van der Waals surface area contributed by atoms with Gasteiger partial charge < -0.3 is 9.88 Å². The zero-order valence-corrected chi connectivity index (χ0v) is 14.4. The molecule has 1 aromatic carbocycles. The Morgan fingerprint density at radius 1 is 1.39 bits per heavy atom. The number of nitrogens with two attached hydrogens (primary N) is 1. The van der Waals surface area contributed by atoms with E-state index >= 15 is 0 Å². The van der Waals surface area contributed by atoms with Crippen molar-refractivity contribution in [3.05, 3.63) is 36.3 Å². The molecule has 1 unspecified atom stereocenters. The van der Waals surface area contributed by atoms with Crippen LogP contribution in [-0.4, -0.2) is 23.0 Å². The van der Waals surface area contributed by atoms with Crippen LogP contribution in [0.15, 0.2) is 34.7 Å². The minimum atomic E-state index is -3.72. The first-order chi connectivity index (χ1) is 10.9. The van der Waals surface area contributed by atoms with Gasteiger partial charge in [-0.15, -0.1) is 0 Å². The first-order valence-corrected chi connectivity index (χ1v) is 9.46. The molecule has 0 bridgehead atoms. The molecule has 1 atom stereocenters. The van der Waals surface area contributed by atoms with Crippen LogP contribution in [0.5, 0.6) is 0 Å². The normalized spacial score (nSPS) is 13.3. The molecule has 9 heteroatoms. The van der Waals surface area contributed by atoms with Gasteiger partial charge in [0.1, 0.15) is 5.82 Å². The van der Waals surface area contributed by atoms with Gasteiger partial charge in [-0.1, -0.05) is 23.5 Å². The van der Waals surface area contributed by atoms with E-state index in [0.717, 1.165) is 34.7 Å². The second kappa shape index (κ2) is 5.91. The van der Waals surface area contributed by atoms with Crippen LogP contribution in [0, 0.1) is 0 Å². The highest BCUT2D eigenvalue weighted by Gasteiger charge is 2.18. The van der Waals surface area contributed by atoms with E-state index in [2.05, 4.69) is 26.8 Å². The topological polar surface area (TPSA) is 103 Å². The highest BCUT2D eigenvalue weighted by atomic mass is 32.2. The summed E-state index contributed by atoms with van der Waals surface area (Å²) in [5.41, 5.74) is 2.00. The SMILES string of the molecule is CCn1c(C(C)Nc2ncc(S(N)(=O)=O)s2)nc2ccccc21. The van der Waals surface area contributed by atoms with Crippen molar-refractivity contribution in [2.24, 2.45) is 5.14 Å². The van der Waals surface area contributed by atoms with Crippen LogP contribution in [0.2, 0.25) is 0 Å². The van der Waals surface area contributed by atoms with Crippen LogP contribution in [-0.2, 0) is 16.6 Å². The van der Waals surface area contributed by atoms with E-state index in [1.807, 2.05) is 31.2 Å². The Bertz CT molecular complexity index is 945. The number of hydrogen-bond donors (Lipinski definition) is 2. The molecule has 3 rings (SSSR count). The van der Waals surface area contributed by atoms with Crippen LogP contribution < -0.4 is 10.5 Å². The van der Waals surface area contributed by atoms with Crippen molar-refractivity contribution in [3.63, 3.8) is 0 Å². The van der Waals surface area contributed by atoms with Gasteiger partial charge in [-0.2, -0.15) is 0 Å². The summed E-state index contributed by atoms with van der Waals surface area (Å²) in [4.78, 5) is 8.74. The monoisotopic (exact) mass is 351 g/mol. The number of primary sulfonamides is 1. The molecule has 2 heterocycles. The van der Waals surface area contributed by atoms with Gasteiger partial charge in [0.25, 0.3) is 0 Å². The molecule has 0 fully saturated rings. The smallest absolute Gasteiger partial charge is 0.249 e. The quantitative estimate of drug-likeness (QED) is 0.734. The van der Waals surface area contributed by atoms with Crippen molar-refractivity contribution in [1.82, 2.24) is 14.5 Å². The number of aryl methyl sites for hydroxylation is 1. The molecule has 0 aliphatic heterocycles. The number of thiazole rings is 1. The molecule has 122 valence electrons. The number of benzene rings is 1. The van der Waals surface area contributed by atoms with Crippen molar-refractivity contribution < 1.29 is 8.42 Å². The molecule has 7 nitrogen and oxygen atoms in total. The lowest BCUT2D eigenvalue weighted by atomic mass is 10.3. The first kappa shape index (κ1) is 15.9. The van der Waals surface area contributed by atoms with Gasteiger partial charge in [0, 0.05) is 6.54 Å². The van der Waals surface area contributed by atoms with E-state index < -0.39 is 10.0 Å². The Balaban J connectivity index is 1.91. The number of rotatable bonds is 5. The fraction of sp³-hybridized carbons (Fsp3) is 0.286. The molecule has 0 aliphatic carbocycles. The predicted octanol–water partition coefficient (Wildman–Crippen LogP) is 2.33. The molecule has 0 saturated carbocycles. The molecular weight excluding hydrogens is 334 g/mol.